The largest absolute Gasteiger partial charge is 0.330 e. The van der Waals surface area contributed by atoms with E-state index in [2.05, 4.69) is 15.9 Å². The maximum atomic E-state index is 13.3. The van der Waals surface area contributed by atoms with Crippen molar-refractivity contribution in [2.75, 3.05) is 6.54 Å². The predicted octanol–water partition coefficient (Wildman–Crippen LogP) is 2.95. The summed E-state index contributed by atoms with van der Waals surface area (Å²) in [5.41, 5.74) is 5.89. The Balaban J connectivity index is 2.83. The van der Waals surface area contributed by atoms with E-state index in [4.69, 9.17) is 5.73 Å². The molecule has 0 heterocycles. The summed E-state index contributed by atoms with van der Waals surface area (Å²) in [4.78, 5) is 0. The molecule has 0 atom stereocenters. The van der Waals surface area contributed by atoms with Crippen molar-refractivity contribution < 1.29 is 4.39 Å². The highest BCUT2D eigenvalue weighted by atomic mass is 79.9. The minimum Gasteiger partial charge on any atom is -0.330 e. The average Bonchev–Trinajstić information content (AvgIpc) is 2.13. The van der Waals surface area contributed by atoms with Gasteiger partial charge in [0.2, 0.25) is 0 Å². The van der Waals surface area contributed by atoms with Gasteiger partial charge in [-0.2, -0.15) is 0 Å². The molecule has 3 heteroatoms. The average molecular weight is 244 g/mol. The van der Waals surface area contributed by atoms with Gasteiger partial charge >= 0.3 is 0 Å². The van der Waals surface area contributed by atoms with Crippen LogP contribution in [0.3, 0.4) is 0 Å². The molecule has 0 aromatic heterocycles. The first-order chi connectivity index (χ1) is 6.25. The Bertz CT molecular complexity index is 310. The standard InChI is InChI=1S/C10H11BrFN/c11-9-6-3-5-8(10(9)12)4-1-2-7-13/h1,3-6H,2,7,13H2/b4-1+. The molecule has 0 saturated heterocycles. The number of benzene rings is 1. The Morgan fingerprint density at radius 2 is 2.23 bits per heavy atom. The van der Waals surface area contributed by atoms with Crippen molar-refractivity contribution in [2.24, 2.45) is 5.73 Å². The topological polar surface area (TPSA) is 26.0 Å². The van der Waals surface area contributed by atoms with Crippen molar-refractivity contribution in [1.29, 1.82) is 0 Å². The lowest BCUT2D eigenvalue weighted by Gasteiger charge is -1.98. The Morgan fingerprint density at radius 1 is 1.46 bits per heavy atom. The van der Waals surface area contributed by atoms with E-state index in [1.54, 1.807) is 24.3 Å². The highest BCUT2D eigenvalue weighted by Crippen LogP contribution is 2.19. The van der Waals surface area contributed by atoms with Crippen LogP contribution in [0.5, 0.6) is 0 Å². The van der Waals surface area contributed by atoms with Gasteiger partial charge in [0.1, 0.15) is 5.82 Å². The Hall–Kier alpha value is -0.670. The van der Waals surface area contributed by atoms with Gasteiger partial charge in [0.15, 0.2) is 0 Å². The fourth-order valence-electron chi connectivity index (χ4n) is 0.956. The molecule has 2 N–H and O–H groups in total. The van der Waals surface area contributed by atoms with Crippen LogP contribution in [-0.2, 0) is 0 Å². The van der Waals surface area contributed by atoms with Crippen molar-refractivity contribution in [2.45, 2.75) is 6.42 Å². The van der Waals surface area contributed by atoms with Gasteiger partial charge in [-0.25, -0.2) is 4.39 Å². The molecule has 0 aliphatic rings. The van der Waals surface area contributed by atoms with Gasteiger partial charge in [-0.15, -0.1) is 0 Å². The number of hydrogen-bond acceptors (Lipinski definition) is 1. The van der Waals surface area contributed by atoms with Gasteiger partial charge in [0.05, 0.1) is 4.47 Å². The molecule has 0 aliphatic carbocycles. The van der Waals surface area contributed by atoms with Crippen molar-refractivity contribution >= 4 is 22.0 Å². The maximum absolute atomic E-state index is 13.3. The van der Waals surface area contributed by atoms with E-state index in [1.807, 2.05) is 6.08 Å². The second kappa shape index (κ2) is 5.14. The molecule has 1 aromatic rings. The molecule has 0 amide bonds. The molecular weight excluding hydrogens is 233 g/mol. The normalized spacial score (nSPS) is 11.0. The zero-order chi connectivity index (χ0) is 9.68. The van der Waals surface area contributed by atoms with E-state index in [1.165, 1.54) is 0 Å². The van der Waals surface area contributed by atoms with Crippen LogP contribution >= 0.6 is 15.9 Å². The van der Waals surface area contributed by atoms with Gasteiger partial charge < -0.3 is 5.73 Å². The van der Waals surface area contributed by atoms with Crippen molar-refractivity contribution in [3.63, 3.8) is 0 Å². The van der Waals surface area contributed by atoms with E-state index in [9.17, 15) is 4.39 Å². The number of halogens is 2. The summed E-state index contributed by atoms with van der Waals surface area (Å²) in [5.74, 6) is -0.226. The van der Waals surface area contributed by atoms with Crippen LogP contribution in [0.2, 0.25) is 0 Å². The van der Waals surface area contributed by atoms with E-state index in [0.29, 0.717) is 16.6 Å². The monoisotopic (exact) mass is 243 g/mol. The Kier molecular flexibility index (Phi) is 4.12. The predicted molar refractivity (Wildman–Crippen MR) is 56.8 cm³/mol. The van der Waals surface area contributed by atoms with Gasteiger partial charge in [0.25, 0.3) is 0 Å². The molecule has 0 fully saturated rings. The quantitative estimate of drug-likeness (QED) is 0.869. The smallest absolute Gasteiger partial charge is 0.144 e. The van der Waals surface area contributed by atoms with Gasteiger partial charge in [-0.3, -0.25) is 0 Å². The highest BCUT2D eigenvalue weighted by Gasteiger charge is 2.01. The molecule has 0 spiro atoms. The van der Waals surface area contributed by atoms with Crippen LogP contribution in [0.4, 0.5) is 4.39 Å². The first kappa shape index (κ1) is 10.4. The van der Waals surface area contributed by atoms with E-state index < -0.39 is 0 Å². The summed E-state index contributed by atoms with van der Waals surface area (Å²) >= 11 is 3.12. The molecule has 1 nitrogen and oxygen atoms in total. The number of rotatable bonds is 3. The Morgan fingerprint density at radius 3 is 2.92 bits per heavy atom. The third kappa shape index (κ3) is 2.94. The van der Waals surface area contributed by atoms with Gasteiger partial charge in [-0.1, -0.05) is 24.3 Å². The first-order valence-electron chi connectivity index (χ1n) is 4.06. The fourth-order valence-corrected chi connectivity index (χ4v) is 1.34. The summed E-state index contributed by atoms with van der Waals surface area (Å²) in [6.07, 6.45) is 4.38. The van der Waals surface area contributed by atoms with Crippen molar-refractivity contribution in [3.8, 4) is 0 Å². The number of hydrogen-bond donors (Lipinski definition) is 1. The van der Waals surface area contributed by atoms with E-state index >= 15 is 0 Å². The van der Waals surface area contributed by atoms with Crippen LogP contribution in [0.25, 0.3) is 6.08 Å². The zero-order valence-corrected chi connectivity index (χ0v) is 8.72. The van der Waals surface area contributed by atoms with Crippen LogP contribution < -0.4 is 5.73 Å². The highest BCUT2D eigenvalue weighted by molar-refractivity contribution is 9.10. The van der Waals surface area contributed by atoms with Gasteiger partial charge in [-0.05, 0) is 35.0 Å². The van der Waals surface area contributed by atoms with Crippen molar-refractivity contribution in [3.05, 3.63) is 40.1 Å². The summed E-state index contributed by atoms with van der Waals surface area (Å²) in [6, 6.07) is 5.21. The molecule has 13 heavy (non-hydrogen) atoms. The molecule has 70 valence electrons. The van der Waals surface area contributed by atoms with Crippen LogP contribution in [-0.4, -0.2) is 6.54 Å². The maximum Gasteiger partial charge on any atom is 0.144 e. The molecule has 0 bridgehead atoms. The van der Waals surface area contributed by atoms with Crippen LogP contribution in [0, 0.1) is 5.82 Å². The first-order valence-corrected chi connectivity index (χ1v) is 4.85. The number of nitrogens with two attached hydrogens (primary N) is 1. The lowest BCUT2D eigenvalue weighted by Crippen LogP contribution is -1.95. The second-order valence-electron chi connectivity index (χ2n) is 2.62. The minimum atomic E-state index is -0.226. The molecule has 0 radical (unpaired) electrons. The molecule has 0 saturated carbocycles. The fraction of sp³-hybridized carbons (Fsp3) is 0.200. The van der Waals surface area contributed by atoms with Crippen molar-refractivity contribution in [1.82, 2.24) is 0 Å². The van der Waals surface area contributed by atoms with Gasteiger partial charge in [0, 0.05) is 5.56 Å². The van der Waals surface area contributed by atoms with E-state index in [-0.39, 0.29) is 5.82 Å². The minimum absolute atomic E-state index is 0.226. The molecule has 1 aromatic carbocycles. The zero-order valence-electron chi connectivity index (χ0n) is 7.13. The summed E-state index contributed by atoms with van der Waals surface area (Å²) in [6.45, 7) is 0.589. The lowest BCUT2D eigenvalue weighted by atomic mass is 10.2. The molecule has 0 unspecified atom stereocenters. The third-order valence-corrected chi connectivity index (χ3v) is 2.22. The second-order valence-corrected chi connectivity index (χ2v) is 3.48. The summed E-state index contributed by atoms with van der Waals surface area (Å²) in [7, 11) is 0. The van der Waals surface area contributed by atoms with Crippen LogP contribution in [0.15, 0.2) is 28.7 Å². The third-order valence-electron chi connectivity index (χ3n) is 1.61. The lowest BCUT2D eigenvalue weighted by molar-refractivity contribution is 0.618. The molecular formula is C10H11BrFN. The Labute approximate surface area is 85.6 Å². The summed E-state index contributed by atoms with van der Waals surface area (Å²) in [5, 5.41) is 0. The summed E-state index contributed by atoms with van der Waals surface area (Å²) < 4.78 is 13.8. The van der Waals surface area contributed by atoms with E-state index in [0.717, 1.165) is 6.42 Å². The molecule has 1 rings (SSSR count). The molecule has 0 aliphatic heterocycles. The van der Waals surface area contributed by atoms with Crippen LogP contribution in [0.1, 0.15) is 12.0 Å². The SMILES string of the molecule is NCC/C=C/c1cccc(Br)c1F.